The van der Waals surface area contributed by atoms with Crippen molar-refractivity contribution in [2.75, 3.05) is 0 Å². The van der Waals surface area contributed by atoms with Crippen LogP contribution in [-0.2, 0) is 10.0 Å². The van der Waals surface area contributed by atoms with E-state index in [2.05, 4.69) is 20.2 Å². The van der Waals surface area contributed by atoms with Crippen molar-refractivity contribution in [2.24, 2.45) is 0 Å². The fourth-order valence-corrected chi connectivity index (χ4v) is 4.73. The van der Waals surface area contributed by atoms with Gasteiger partial charge in [-0.25, -0.2) is 17.8 Å². The Balaban J connectivity index is 1.50. The van der Waals surface area contributed by atoms with Crippen LogP contribution in [0.3, 0.4) is 0 Å². The van der Waals surface area contributed by atoms with Gasteiger partial charge in [-0.05, 0) is 58.7 Å². The summed E-state index contributed by atoms with van der Waals surface area (Å²) in [6.07, 6.45) is 6.75. The number of hydrogen-bond donors (Lipinski definition) is 1. The first-order valence-corrected chi connectivity index (χ1v) is 10.6. The van der Waals surface area contributed by atoms with Crippen LogP contribution in [0.4, 0.5) is 0 Å². The fourth-order valence-electron chi connectivity index (χ4n) is 3.42. The Bertz CT molecular complexity index is 978. The van der Waals surface area contributed by atoms with Gasteiger partial charge < -0.3 is 0 Å². The van der Waals surface area contributed by atoms with Crippen molar-refractivity contribution in [3.8, 4) is 16.8 Å². The molecule has 7 nitrogen and oxygen atoms in total. The molecule has 1 aliphatic rings. The van der Waals surface area contributed by atoms with Crippen LogP contribution in [0, 0.1) is 0 Å². The van der Waals surface area contributed by atoms with Gasteiger partial charge in [0, 0.05) is 6.04 Å². The molecule has 0 unspecified atom stereocenters. The second-order valence-corrected chi connectivity index (χ2v) is 8.50. The van der Waals surface area contributed by atoms with E-state index in [4.69, 9.17) is 0 Å². The molecule has 1 aromatic heterocycles. The number of sulfonamides is 1. The summed E-state index contributed by atoms with van der Waals surface area (Å²) in [6.45, 7) is 0. The molecule has 0 aliphatic heterocycles. The summed E-state index contributed by atoms with van der Waals surface area (Å²) in [5.41, 5.74) is 2.81. The largest absolute Gasteiger partial charge is 0.240 e. The third-order valence-electron chi connectivity index (χ3n) is 4.91. The van der Waals surface area contributed by atoms with Crippen LogP contribution >= 0.6 is 0 Å². The van der Waals surface area contributed by atoms with Crippen molar-refractivity contribution in [2.45, 2.75) is 43.0 Å². The second kappa shape index (κ2) is 7.58. The molecule has 1 fully saturated rings. The third-order valence-corrected chi connectivity index (χ3v) is 6.44. The minimum atomic E-state index is -3.47. The van der Waals surface area contributed by atoms with Crippen molar-refractivity contribution < 1.29 is 8.42 Å². The number of rotatable bonds is 5. The first-order valence-electron chi connectivity index (χ1n) is 9.08. The lowest BCUT2D eigenvalue weighted by Gasteiger charge is -2.22. The molecule has 1 heterocycles. The Labute approximate surface area is 158 Å². The van der Waals surface area contributed by atoms with Crippen LogP contribution in [0.15, 0.2) is 59.8 Å². The summed E-state index contributed by atoms with van der Waals surface area (Å²) >= 11 is 0. The van der Waals surface area contributed by atoms with Gasteiger partial charge in [0.05, 0.1) is 10.6 Å². The zero-order chi connectivity index (χ0) is 18.7. The van der Waals surface area contributed by atoms with Crippen LogP contribution in [0.2, 0.25) is 0 Å². The van der Waals surface area contributed by atoms with Gasteiger partial charge >= 0.3 is 0 Å². The quantitative estimate of drug-likeness (QED) is 0.732. The highest BCUT2D eigenvalue weighted by Gasteiger charge is 2.21. The molecule has 0 radical (unpaired) electrons. The highest BCUT2D eigenvalue weighted by atomic mass is 32.2. The number of benzene rings is 2. The predicted octanol–water partition coefficient (Wildman–Crippen LogP) is 2.94. The van der Waals surface area contributed by atoms with Gasteiger partial charge in [0.25, 0.3) is 0 Å². The smallest absolute Gasteiger partial charge is 0.208 e. The molecular weight excluding hydrogens is 362 g/mol. The van der Waals surface area contributed by atoms with Gasteiger partial charge in [-0.3, -0.25) is 0 Å². The Morgan fingerprint density at radius 3 is 2.11 bits per heavy atom. The van der Waals surface area contributed by atoms with Gasteiger partial charge in [0.1, 0.15) is 6.33 Å². The van der Waals surface area contributed by atoms with E-state index in [0.717, 1.165) is 42.5 Å². The molecule has 0 bridgehead atoms. The zero-order valence-electron chi connectivity index (χ0n) is 14.8. The van der Waals surface area contributed by atoms with Crippen LogP contribution in [0.1, 0.15) is 32.1 Å². The summed E-state index contributed by atoms with van der Waals surface area (Å²) in [4.78, 5) is 0.308. The normalized spacial score (nSPS) is 15.7. The zero-order valence-corrected chi connectivity index (χ0v) is 15.6. The first-order chi connectivity index (χ1) is 13.1. The van der Waals surface area contributed by atoms with Crippen molar-refractivity contribution in [3.63, 3.8) is 0 Å². The number of tetrazole rings is 1. The monoisotopic (exact) mass is 383 g/mol. The molecule has 2 aromatic carbocycles. The van der Waals surface area contributed by atoms with Crippen LogP contribution < -0.4 is 4.72 Å². The molecule has 8 heteroatoms. The molecule has 0 atom stereocenters. The molecule has 0 amide bonds. The average Bonchev–Trinajstić information content (AvgIpc) is 3.24. The minimum absolute atomic E-state index is 0.0576. The Hall–Kier alpha value is -2.58. The van der Waals surface area contributed by atoms with E-state index in [-0.39, 0.29) is 6.04 Å². The maximum absolute atomic E-state index is 12.6. The molecule has 27 heavy (non-hydrogen) atoms. The van der Waals surface area contributed by atoms with Gasteiger partial charge in [0.15, 0.2) is 0 Å². The van der Waals surface area contributed by atoms with E-state index < -0.39 is 10.0 Å². The average molecular weight is 383 g/mol. The summed E-state index contributed by atoms with van der Waals surface area (Å²) in [7, 11) is -3.47. The van der Waals surface area contributed by atoms with Crippen LogP contribution in [-0.4, -0.2) is 34.7 Å². The van der Waals surface area contributed by atoms with Crippen molar-refractivity contribution in [3.05, 3.63) is 54.9 Å². The molecule has 1 N–H and O–H groups in total. The van der Waals surface area contributed by atoms with E-state index in [1.165, 1.54) is 12.7 Å². The van der Waals surface area contributed by atoms with Crippen molar-refractivity contribution >= 4 is 10.0 Å². The summed E-state index contributed by atoms with van der Waals surface area (Å²) in [5.74, 6) is 0. The lowest BCUT2D eigenvalue weighted by Crippen LogP contribution is -2.36. The molecule has 1 aliphatic carbocycles. The molecule has 0 spiro atoms. The third kappa shape index (κ3) is 4.06. The standard InChI is InChI=1S/C19H21N5O2S/c25-27(26,21-17-4-2-1-3-5-17)19-12-8-16(9-13-19)15-6-10-18(11-7-15)24-14-20-22-23-24/h6-14,17,21H,1-5H2. The van der Waals surface area contributed by atoms with Gasteiger partial charge in [0.2, 0.25) is 10.0 Å². The maximum Gasteiger partial charge on any atom is 0.240 e. The van der Waals surface area contributed by atoms with E-state index in [1.54, 1.807) is 16.8 Å². The SMILES string of the molecule is O=S(=O)(NC1CCCCC1)c1ccc(-c2ccc(-n3cnnn3)cc2)cc1. The Morgan fingerprint density at radius 1 is 0.889 bits per heavy atom. The van der Waals surface area contributed by atoms with Crippen molar-refractivity contribution in [1.82, 2.24) is 24.9 Å². The number of nitrogens with zero attached hydrogens (tertiary/aromatic N) is 4. The molecule has 140 valence electrons. The molecular formula is C19H21N5O2S. The highest BCUT2D eigenvalue weighted by Crippen LogP contribution is 2.24. The number of hydrogen-bond acceptors (Lipinski definition) is 5. The predicted molar refractivity (Wildman–Crippen MR) is 102 cm³/mol. The lowest BCUT2D eigenvalue weighted by molar-refractivity contribution is 0.412. The fraction of sp³-hybridized carbons (Fsp3) is 0.316. The van der Waals surface area contributed by atoms with Gasteiger partial charge in [-0.15, -0.1) is 5.10 Å². The Morgan fingerprint density at radius 2 is 1.52 bits per heavy atom. The molecule has 4 rings (SSSR count). The van der Waals surface area contributed by atoms with Crippen molar-refractivity contribution in [1.29, 1.82) is 0 Å². The molecule has 1 saturated carbocycles. The van der Waals surface area contributed by atoms with E-state index in [1.807, 2.05) is 36.4 Å². The summed E-state index contributed by atoms with van der Waals surface area (Å²) in [5, 5.41) is 11.1. The van der Waals surface area contributed by atoms with E-state index >= 15 is 0 Å². The lowest BCUT2D eigenvalue weighted by atomic mass is 9.96. The summed E-state index contributed by atoms with van der Waals surface area (Å²) in [6, 6.07) is 14.8. The topological polar surface area (TPSA) is 89.8 Å². The highest BCUT2D eigenvalue weighted by molar-refractivity contribution is 7.89. The van der Waals surface area contributed by atoms with Crippen LogP contribution in [0.5, 0.6) is 0 Å². The molecule has 0 saturated heterocycles. The van der Waals surface area contributed by atoms with Gasteiger partial charge in [-0.1, -0.05) is 43.5 Å². The van der Waals surface area contributed by atoms with Gasteiger partial charge in [-0.2, -0.15) is 0 Å². The maximum atomic E-state index is 12.6. The number of nitrogens with one attached hydrogen (secondary N) is 1. The second-order valence-electron chi connectivity index (χ2n) is 6.78. The van der Waals surface area contributed by atoms with E-state index in [0.29, 0.717) is 4.90 Å². The van der Waals surface area contributed by atoms with Crippen LogP contribution in [0.25, 0.3) is 16.8 Å². The molecule has 3 aromatic rings. The summed E-state index contributed by atoms with van der Waals surface area (Å²) < 4.78 is 29.6. The Kier molecular flexibility index (Phi) is 5.00. The minimum Gasteiger partial charge on any atom is -0.208 e. The van der Waals surface area contributed by atoms with E-state index in [9.17, 15) is 8.42 Å². The number of aromatic nitrogens is 4. The first kappa shape index (κ1) is 17.8.